The molecule has 0 saturated carbocycles. The van der Waals surface area contributed by atoms with Gasteiger partial charge in [-0.25, -0.2) is 0 Å². The highest BCUT2D eigenvalue weighted by atomic mass is 16.5. The standard InChI is InChI=1S/C14H21NO2/c1-11(15-9-12-7-8-17-10-12)13-5-3-4-6-14(13)16-2/h3-6,11-12,15H,7-10H2,1-2H3. The van der Waals surface area contributed by atoms with Crippen LogP contribution in [-0.4, -0.2) is 26.9 Å². The van der Waals surface area contributed by atoms with Crippen molar-refractivity contribution < 1.29 is 9.47 Å². The minimum Gasteiger partial charge on any atom is -0.496 e. The molecule has 94 valence electrons. The lowest BCUT2D eigenvalue weighted by atomic mass is 10.1. The molecule has 2 atom stereocenters. The summed E-state index contributed by atoms with van der Waals surface area (Å²) in [5.41, 5.74) is 1.22. The molecule has 1 N–H and O–H groups in total. The molecule has 0 bridgehead atoms. The van der Waals surface area contributed by atoms with Crippen molar-refractivity contribution in [1.82, 2.24) is 5.32 Å². The molecule has 1 aliphatic rings. The first-order valence-electron chi connectivity index (χ1n) is 6.25. The van der Waals surface area contributed by atoms with Gasteiger partial charge in [-0.1, -0.05) is 18.2 Å². The molecular weight excluding hydrogens is 214 g/mol. The molecule has 0 spiro atoms. The van der Waals surface area contributed by atoms with Gasteiger partial charge in [0.05, 0.1) is 13.7 Å². The second-order valence-electron chi connectivity index (χ2n) is 4.60. The van der Waals surface area contributed by atoms with Crippen molar-refractivity contribution in [3.8, 4) is 5.75 Å². The van der Waals surface area contributed by atoms with Gasteiger partial charge >= 0.3 is 0 Å². The fourth-order valence-corrected chi connectivity index (χ4v) is 2.22. The van der Waals surface area contributed by atoms with E-state index >= 15 is 0 Å². The first-order valence-corrected chi connectivity index (χ1v) is 6.25. The predicted molar refractivity (Wildman–Crippen MR) is 68.3 cm³/mol. The zero-order valence-corrected chi connectivity index (χ0v) is 10.6. The number of rotatable bonds is 5. The van der Waals surface area contributed by atoms with Crippen LogP contribution >= 0.6 is 0 Å². The highest BCUT2D eigenvalue weighted by Crippen LogP contribution is 2.24. The van der Waals surface area contributed by atoms with Gasteiger partial charge in [-0.2, -0.15) is 0 Å². The summed E-state index contributed by atoms with van der Waals surface area (Å²) in [6.07, 6.45) is 1.17. The monoisotopic (exact) mass is 235 g/mol. The lowest BCUT2D eigenvalue weighted by Crippen LogP contribution is -2.26. The molecular formula is C14H21NO2. The Morgan fingerprint density at radius 3 is 3.00 bits per heavy atom. The Morgan fingerprint density at radius 2 is 2.29 bits per heavy atom. The number of para-hydroxylation sites is 1. The Hall–Kier alpha value is -1.06. The molecule has 1 heterocycles. The van der Waals surface area contributed by atoms with Crippen LogP contribution in [0.5, 0.6) is 5.75 Å². The van der Waals surface area contributed by atoms with Gasteiger partial charge in [-0.15, -0.1) is 0 Å². The van der Waals surface area contributed by atoms with Crippen LogP contribution in [0, 0.1) is 5.92 Å². The molecule has 3 nitrogen and oxygen atoms in total. The number of hydrogen-bond acceptors (Lipinski definition) is 3. The van der Waals surface area contributed by atoms with E-state index in [1.165, 1.54) is 12.0 Å². The van der Waals surface area contributed by atoms with Crippen LogP contribution in [0.15, 0.2) is 24.3 Å². The Morgan fingerprint density at radius 1 is 1.47 bits per heavy atom. The first kappa shape index (κ1) is 12.4. The molecule has 3 heteroatoms. The molecule has 0 aromatic heterocycles. The lowest BCUT2D eigenvalue weighted by molar-refractivity contribution is 0.184. The van der Waals surface area contributed by atoms with E-state index in [1.54, 1.807) is 7.11 Å². The van der Waals surface area contributed by atoms with Gasteiger partial charge in [0.1, 0.15) is 5.75 Å². The fraction of sp³-hybridized carbons (Fsp3) is 0.571. The lowest BCUT2D eigenvalue weighted by Gasteiger charge is -2.19. The van der Waals surface area contributed by atoms with Crippen LogP contribution in [0.2, 0.25) is 0 Å². The van der Waals surface area contributed by atoms with Crippen LogP contribution in [0.4, 0.5) is 0 Å². The van der Waals surface area contributed by atoms with Crippen molar-refractivity contribution in [2.24, 2.45) is 5.92 Å². The van der Waals surface area contributed by atoms with Crippen LogP contribution in [0.1, 0.15) is 24.9 Å². The third-order valence-electron chi connectivity index (χ3n) is 3.34. The number of ether oxygens (including phenoxy) is 2. The zero-order valence-electron chi connectivity index (χ0n) is 10.6. The van der Waals surface area contributed by atoms with Crippen molar-refractivity contribution in [3.05, 3.63) is 29.8 Å². The van der Waals surface area contributed by atoms with Crippen LogP contribution < -0.4 is 10.1 Å². The topological polar surface area (TPSA) is 30.5 Å². The summed E-state index contributed by atoms with van der Waals surface area (Å²) in [4.78, 5) is 0. The van der Waals surface area contributed by atoms with Crippen LogP contribution in [0.25, 0.3) is 0 Å². The molecule has 1 aliphatic heterocycles. The van der Waals surface area contributed by atoms with Gasteiger partial charge in [-0.3, -0.25) is 0 Å². The Balaban J connectivity index is 1.91. The van der Waals surface area contributed by atoms with Gasteiger partial charge in [0.2, 0.25) is 0 Å². The van der Waals surface area contributed by atoms with E-state index in [0.29, 0.717) is 12.0 Å². The average molecular weight is 235 g/mol. The quantitative estimate of drug-likeness (QED) is 0.850. The summed E-state index contributed by atoms with van der Waals surface area (Å²) in [5.74, 6) is 1.61. The molecule has 0 amide bonds. The van der Waals surface area contributed by atoms with Gasteiger partial charge in [-0.05, 0) is 25.3 Å². The summed E-state index contributed by atoms with van der Waals surface area (Å²) >= 11 is 0. The maximum absolute atomic E-state index is 5.38. The zero-order chi connectivity index (χ0) is 12.1. The minimum atomic E-state index is 0.312. The summed E-state index contributed by atoms with van der Waals surface area (Å²) in [7, 11) is 1.72. The summed E-state index contributed by atoms with van der Waals surface area (Å²) in [5, 5.41) is 3.56. The van der Waals surface area contributed by atoms with Crippen molar-refractivity contribution >= 4 is 0 Å². The highest BCUT2D eigenvalue weighted by Gasteiger charge is 2.17. The maximum atomic E-state index is 5.38. The Kier molecular flexibility index (Phi) is 4.40. The Bertz CT molecular complexity index is 348. The van der Waals surface area contributed by atoms with E-state index in [0.717, 1.165) is 25.5 Å². The second-order valence-corrected chi connectivity index (χ2v) is 4.60. The summed E-state index contributed by atoms with van der Waals surface area (Å²) in [6.45, 7) is 4.99. The third kappa shape index (κ3) is 3.20. The highest BCUT2D eigenvalue weighted by molar-refractivity contribution is 5.35. The van der Waals surface area contributed by atoms with Gasteiger partial charge in [0.15, 0.2) is 0 Å². The van der Waals surface area contributed by atoms with Crippen molar-refractivity contribution in [3.63, 3.8) is 0 Å². The largest absolute Gasteiger partial charge is 0.496 e. The predicted octanol–water partition coefficient (Wildman–Crippen LogP) is 2.38. The number of methoxy groups -OCH3 is 1. The van der Waals surface area contributed by atoms with Crippen LogP contribution in [-0.2, 0) is 4.74 Å². The van der Waals surface area contributed by atoms with Crippen molar-refractivity contribution in [1.29, 1.82) is 0 Å². The van der Waals surface area contributed by atoms with E-state index in [4.69, 9.17) is 9.47 Å². The number of nitrogens with one attached hydrogen (secondary N) is 1. The second kappa shape index (κ2) is 6.03. The molecule has 1 aromatic rings. The van der Waals surface area contributed by atoms with Crippen LogP contribution in [0.3, 0.4) is 0 Å². The van der Waals surface area contributed by atoms with E-state index in [1.807, 2.05) is 12.1 Å². The van der Waals surface area contributed by atoms with E-state index in [9.17, 15) is 0 Å². The van der Waals surface area contributed by atoms with Gasteiger partial charge < -0.3 is 14.8 Å². The molecule has 17 heavy (non-hydrogen) atoms. The number of benzene rings is 1. The first-order chi connectivity index (χ1) is 8.31. The molecule has 0 aliphatic carbocycles. The van der Waals surface area contributed by atoms with Gasteiger partial charge in [0, 0.05) is 24.8 Å². The molecule has 0 radical (unpaired) electrons. The molecule has 1 fully saturated rings. The van der Waals surface area contributed by atoms with Crippen molar-refractivity contribution in [2.75, 3.05) is 26.9 Å². The minimum absolute atomic E-state index is 0.312. The maximum Gasteiger partial charge on any atom is 0.123 e. The number of hydrogen-bond donors (Lipinski definition) is 1. The van der Waals surface area contributed by atoms with E-state index in [2.05, 4.69) is 24.4 Å². The SMILES string of the molecule is COc1ccccc1C(C)NCC1CCOC1. The Labute approximate surface area is 103 Å². The summed E-state index contributed by atoms with van der Waals surface area (Å²) in [6, 6.07) is 8.48. The van der Waals surface area contributed by atoms with Gasteiger partial charge in [0.25, 0.3) is 0 Å². The smallest absolute Gasteiger partial charge is 0.123 e. The molecule has 2 unspecified atom stereocenters. The fourth-order valence-electron chi connectivity index (χ4n) is 2.22. The molecule has 2 rings (SSSR count). The van der Waals surface area contributed by atoms with E-state index < -0.39 is 0 Å². The molecule has 1 aromatic carbocycles. The van der Waals surface area contributed by atoms with E-state index in [-0.39, 0.29) is 0 Å². The summed E-state index contributed by atoms with van der Waals surface area (Å²) < 4.78 is 10.7. The average Bonchev–Trinajstić information content (AvgIpc) is 2.89. The molecule has 1 saturated heterocycles. The van der Waals surface area contributed by atoms with Crippen molar-refractivity contribution in [2.45, 2.75) is 19.4 Å². The third-order valence-corrected chi connectivity index (χ3v) is 3.34. The normalized spacial score (nSPS) is 21.4.